The van der Waals surface area contributed by atoms with Crippen LogP contribution in [-0.2, 0) is 12.8 Å². The lowest BCUT2D eigenvalue weighted by Gasteiger charge is -2.17. The maximum Gasteiger partial charge on any atom is 0.0650 e. The highest BCUT2D eigenvalue weighted by Gasteiger charge is 2.18. The lowest BCUT2D eigenvalue weighted by Crippen LogP contribution is -2.29. The van der Waals surface area contributed by atoms with Gasteiger partial charge in [0.2, 0.25) is 0 Å². The van der Waals surface area contributed by atoms with Gasteiger partial charge in [-0.15, -0.1) is 0 Å². The molecule has 11 heavy (non-hydrogen) atoms. The summed E-state index contributed by atoms with van der Waals surface area (Å²) in [5.41, 5.74) is 8.14. The second kappa shape index (κ2) is 2.23. The van der Waals surface area contributed by atoms with E-state index in [1.807, 2.05) is 6.20 Å². The zero-order valence-corrected chi connectivity index (χ0v) is 6.33. The predicted molar refractivity (Wildman–Crippen MR) is 42.4 cm³/mol. The fourth-order valence-corrected chi connectivity index (χ4v) is 1.58. The van der Waals surface area contributed by atoms with E-state index in [0.717, 1.165) is 25.0 Å². The molecule has 60 valence electrons. The van der Waals surface area contributed by atoms with E-state index in [9.17, 15) is 0 Å². The minimum atomic E-state index is 0.298. The Kier molecular flexibility index (Phi) is 1.35. The third-order valence-corrected chi connectivity index (χ3v) is 2.22. The van der Waals surface area contributed by atoms with Gasteiger partial charge in [-0.3, -0.25) is 0 Å². The van der Waals surface area contributed by atoms with E-state index in [1.54, 1.807) is 0 Å². The quantitative estimate of drug-likeness (QED) is 0.488. The highest BCUT2D eigenvalue weighted by atomic mass is 15.5. The molecule has 0 amide bonds. The summed E-state index contributed by atoms with van der Waals surface area (Å²) in [5, 5.41) is 3.97. The third-order valence-electron chi connectivity index (χ3n) is 2.22. The minimum Gasteiger partial charge on any atom is -0.327 e. The summed E-state index contributed by atoms with van der Waals surface area (Å²) in [4.78, 5) is 1.46. The Hall–Kier alpha value is -1.03. The molecule has 4 nitrogen and oxygen atoms in total. The number of hydrogen-bond acceptors (Lipinski definition) is 3. The summed E-state index contributed by atoms with van der Waals surface area (Å²) < 4.78 is 0. The van der Waals surface area contributed by atoms with Gasteiger partial charge in [-0.25, -0.2) is 0 Å². The average molecular weight is 152 g/mol. The van der Waals surface area contributed by atoms with Crippen molar-refractivity contribution in [2.45, 2.75) is 25.3 Å². The van der Waals surface area contributed by atoms with Crippen molar-refractivity contribution in [2.24, 2.45) is 5.73 Å². The molecule has 2 rings (SSSR count). The molecule has 1 aromatic heterocycles. The summed E-state index contributed by atoms with van der Waals surface area (Å²) >= 11 is 0. The number of nitrogen functional groups attached to an aromatic ring is 1. The monoisotopic (exact) mass is 152 g/mol. The molecule has 0 fully saturated rings. The molecule has 1 aliphatic carbocycles. The summed E-state index contributed by atoms with van der Waals surface area (Å²) in [6, 6.07) is 0.298. The summed E-state index contributed by atoms with van der Waals surface area (Å²) in [7, 11) is 0. The van der Waals surface area contributed by atoms with Crippen LogP contribution in [0.15, 0.2) is 6.20 Å². The van der Waals surface area contributed by atoms with Crippen molar-refractivity contribution in [1.29, 1.82) is 0 Å². The topological polar surface area (TPSA) is 69.9 Å². The molecule has 0 bridgehead atoms. The highest BCUT2D eigenvalue weighted by Crippen LogP contribution is 2.18. The first kappa shape index (κ1) is 6.67. The number of hydrogen-bond donors (Lipinski definition) is 2. The van der Waals surface area contributed by atoms with Crippen LogP contribution in [0.5, 0.6) is 0 Å². The number of fused-ring (bicyclic) bond motifs is 1. The number of nitrogens with two attached hydrogens (primary N) is 2. The molecule has 0 saturated carbocycles. The van der Waals surface area contributed by atoms with Crippen molar-refractivity contribution in [3.05, 3.63) is 17.5 Å². The zero-order chi connectivity index (χ0) is 7.84. The van der Waals surface area contributed by atoms with Gasteiger partial charge in [0.15, 0.2) is 0 Å². The van der Waals surface area contributed by atoms with Crippen molar-refractivity contribution in [1.82, 2.24) is 9.89 Å². The maximum absolute atomic E-state index is 5.78. The Labute approximate surface area is 65.1 Å². The molecule has 4 N–H and O–H groups in total. The van der Waals surface area contributed by atoms with Crippen LogP contribution in [0.4, 0.5) is 0 Å². The van der Waals surface area contributed by atoms with Crippen LogP contribution in [0.25, 0.3) is 0 Å². The van der Waals surface area contributed by atoms with E-state index in [4.69, 9.17) is 11.6 Å². The van der Waals surface area contributed by atoms with Gasteiger partial charge >= 0.3 is 0 Å². The molecule has 0 spiro atoms. The van der Waals surface area contributed by atoms with Gasteiger partial charge in [0.1, 0.15) is 0 Å². The first-order valence-corrected chi connectivity index (χ1v) is 3.84. The molecular weight excluding hydrogens is 140 g/mol. The molecule has 0 aliphatic heterocycles. The van der Waals surface area contributed by atoms with E-state index in [2.05, 4.69) is 5.10 Å². The molecule has 1 unspecified atom stereocenters. The second-order valence-corrected chi connectivity index (χ2v) is 3.06. The normalized spacial score (nSPS) is 23.2. The first-order valence-electron chi connectivity index (χ1n) is 3.84. The lowest BCUT2D eigenvalue weighted by molar-refractivity contribution is 0.558. The molecule has 1 aromatic rings. The van der Waals surface area contributed by atoms with Gasteiger partial charge < -0.3 is 11.6 Å². The van der Waals surface area contributed by atoms with Gasteiger partial charge in [-0.05, 0) is 24.8 Å². The number of rotatable bonds is 0. The third kappa shape index (κ3) is 0.991. The first-order chi connectivity index (χ1) is 5.27. The molecular formula is C7H12N4. The largest absolute Gasteiger partial charge is 0.327 e. The van der Waals surface area contributed by atoms with E-state index >= 15 is 0 Å². The van der Waals surface area contributed by atoms with Gasteiger partial charge in [0.25, 0.3) is 0 Å². The standard InChI is InChI=1S/C7H12N4/c8-6-1-2-7-5(3-6)4-10-11(7)9/h4,6H,1-3,8-9H2. The summed E-state index contributed by atoms with van der Waals surface area (Å²) in [5.74, 6) is 5.57. The predicted octanol–water partition coefficient (Wildman–Crippen LogP) is -0.587. The second-order valence-electron chi connectivity index (χ2n) is 3.06. The fourth-order valence-electron chi connectivity index (χ4n) is 1.58. The Morgan fingerprint density at radius 2 is 2.45 bits per heavy atom. The lowest BCUT2D eigenvalue weighted by atomic mass is 9.94. The van der Waals surface area contributed by atoms with E-state index in [0.29, 0.717) is 6.04 Å². The van der Waals surface area contributed by atoms with Crippen LogP contribution in [0, 0.1) is 0 Å². The SMILES string of the molecule is NC1CCc2c(cnn2N)C1. The van der Waals surface area contributed by atoms with Crippen LogP contribution in [0.3, 0.4) is 0 Å². The van der Waals surface area contributed by atoms with Crippen molar-refractivity contribution >= 4 is 0 Å². The van der Waals surface area contributed by atoms with Crippen LogP contribution in [0.1, 0.15) is 17.7 Å². The Bertz CT molecular complexity index is 265. The molecule has 0 aromatic carbocycles. The van der Waals surface area contributed by atoms with Crippen LogP contribution in [-0.4, -0.2) is 15.9 Å². The Morgan fingerprint density at radius 3 is 3.27 bits per heavy atom. The highest BCUT2D eigenvalue weighted by molar-refractivity contribution is 5.22. The summed E-state index contributed by atoms with van der Waals surface area (Å²) in [6.45, 7) is 0. The van der Waals surface area contributed by atoms with Crippen molar-refractivity contribution in [2.75, 3.05) is 5.84 Å². The maximum atomic E-state index is 5.78. The summed E-state index contributed by atoms with van der Waals surface area (Å²) in [6.07, 6.45) is 4.73. The minimum absolute atomic E-state index is 0.298. The smallest absolute Gasteiger partial charge is 0.0650 e. The molecule has 1 atom stereocenters. The average Bonchev–Trinajstić information content (AvgIpc) is 2.32. The number of nitrogens with zero attached hydrogens (tertiary/aromatic N) is 2. The van der Waals surface area contributed by atoms with Crippen LogP contribution < -0.4 is 11.6 Å². The van der Waals surface area contributed by atoms with Crippen LogP contribution >= 0.6 is 0 Å². The van der Waals surface area contributed by atoms with Crippen LogP contribution in [0.2, 0.25) is 0 Å². The van der Waals surface area contributed by atoms with Crippen molar-refractivity contribution in [3.8, 4) is 0 Å². The fraction of sp³-hybridized carbons (Fsp3) is 0.571. The van der Waals surface area contributed by atoms with Gasteiger partial charge in [0, 0.05) is 6.04 Å². The molecule has 4 heteroatoms. The van der Waals surface area contributed by atoms with Gasteiger partial charge in [0.05, 0.1) is 11.9 Å². The van der Waals surface area contributed by atoms with Crippen molar-refractivity contribution < 1.29 is 0 Å². The zero-order valence-electron chi connectivity index (χ0n) is 6.33. The van der Waals surface area contributed by atoms with E-state index in [1.165, 1.54) is 10.4 Å². The Morgan fingerprint density at radius 1 is 1.64 bits per heavy atom. The van der Waals surface area contributed by atoms with Crippen molar-refractivity contribution in [3.63, 3.8) is 0 Å². The van der Waals surface area contributed by atoms with E-state index in [-0.39, 0.29) is 0 Å². The van der Waals surface area contributed by atoms with Gasteiger partial charge in [-0.2, -0.15) is 9.89 Å². The van der Waals surface area contributed by atoms with E-state index < -0.39 is 0 Å². The van der Waals surface area contributed by atoms with Gasteiger partial charge in [-0.1, -0.05) is 0 Å². The molecule has 1 aliphatic rings. The molecule has 0 saturated heterocycles. The Balaban J connectivity index is 2.36. The number of aromatic nitrogens is 2. The molecule has 0 radical (unpaired) electrons. The molecule has 1 heterocycles.